The first-order valence-corrected chi connectivity index (χ1v) is 8.96. The molecular weight excluding hydrogens is 324 g/mol. The topological polar surface area (TPSA) is 57.7 Å². The van der Waals surface area contributed by atoms with E-state index in [2.05, 4.69) is 6.58 Å². The van der Waals surface area contributed by atoms with Crippen LogP contribution in [0.25, 0.3) is 0 Å². The van der Waals surface area contributed by atoms with Gasteiger partial charge in [-0.2, -0.15) is 4.31 Å². The summed E-state index contributed by atoms with van der Waals surface area (Å²) in [5.41, 5.74) is 2.67. The minimum absolute atomic E-state index is 0.115. The van der Waals surface area contributed by atoms with E-state index in [0.29, 0.717) is 11.4 Å². The zero-order valence-electron chi connectivity index (χ0n) is 13.6. The van der Waals surface area contributed by atoms with Crippen LogP contribution in [0.2, 0.25) is 0 Å². The number of urea groups is 1. The molecule has 2 amide bonds. The van der Waals surface area contributed by atoms with E-state index in [9.17, 15) is 13.2 Å². The third kappa shape index (κ3) is 2.39. The van der Waals surface area contributed by atoms with Gasteiger partial charge in [-0.05, 0) is 49.2 Å². The number of aryl methyl sites for hydroxylation is 2. The number of rotatable bonds is 3. The number of para-hydroxylation sites is 1. The van der Waals surface area contributed by atoms with Gasteiger partial charge < -0.3 is 0 Å². The number of benzene rings is 2. The zero-order valence-corrected chi connectivity index (χ0v) is 14.4. The molecule has 0 bridgehead atoms. The summed E-state index contributed by atoms with van der Waals surface area (Å²) in [6.07, 6.45) is 1.57. The fourth-order valence-electron chi connectivity index (χ4n) is 2.72. The molecule has 24 heavy (non-hydrogen) atoms. The molecule has 0 spiro atoms. The Kier molecular flexibility index (Phi) is 3.93. The molecule has 0 fully saturated rings. The lowest BCUT2D eigenvalue weighted by atomic mass is 10.1. The molecule has 1 aliphatic rings. The molecule has 0 saturated carbocycles. The van der Waals surface area contributed by atoms with Gasteiger partial charge in [0.2, 0.25) is 0 Å². The van der Waals surface area contributed by atoms with E-state index < -0.39 is 16.1 Å². The van der Waals surface area contributed by atoms with Crippen molar-refractivity contribution in [2.24, 2.45) is 0 Å². The number of hydrogen-bond acceptors (Lipinski definition) is 3. The van der Waals surface area contributed by atoms with Gasteiger partial charge in [0.1, 0.15) is 4.90 Å². The Morgan fingerprint density at radius 2 is 1.79 bits per heavy atom. The summed E-state index contributed by atoms with van der Waals surface area (Å²) in [6.45, 7) is 7.71. The Balaban J connectivity index is 2.25. The predicted octanol–water partition coefficient (Wildman–Crippen LogP) is 3.62. The van der Waals surface area contributed by atoms with Crippen molar-refractivity contribution in [1.82, 2.24) is 0 Å². The van der Waals surface area contributed by atoms with Gasteiger partial charge in [-0.3, -0.25) is 4.90 Å². The van der Waals surface area contributed by atoms with Crippen molar-refractivity contribution in [1.29, 1.82) is 0 Å². The third-order valence-corrected chi connectivity index (χ3v) is 5.86. The number of hydrogen-bond donors (Lipinski definition) is 0. The molecule has 5 nitrogen and oxygen atoms in total. The van der Waals surface area contributed by atoms with E-state index in [1.54, 1.807) is 36.4 Å². The van der Waals surface area contributed by atoms with Gasteiger partial charge in [-0.15, -0.1) is 6.58 Å². The molecule has 1 heterocycles. The minimum atomic E-state index is -3.96. The Labute approximate surface area is 141 Å². The van der Waals surface area contributed by atoms with Crippen molar-refractivity contribution < 1.29 is 13.2 Å². The van der Waals surface area contributed by atoms with Gasteiger partial charge in [0.15, 0.2) is 0 Å². The Morgan fingerprint density at radius 1 is 1.08 bits per heavy atom. The third-order valence-electron chi connectivity index (χ3n) is 4.12. The summed E-state index contributed by atoms with van der Waals surface area (Å²) < 4.78 is 26.9. The maximum atomic E-state index is 13.0. The number of nitrogens with zero attached hydrogens (tertiary/aromatic N) is 2. The first kappa shape index (κ1) is 16.3. The highest BCUT2D eigenvalue weighted by atomic mass is 32.2. The van der Waals surface area contributed by atoms with Gasteiger partial charge in [0.05, 0.1) is 11.4 Å². The van der Waals surface area contributed by atoms with Gasteiger partial charge in [-0.25, -0.2) is 13.2 Å². The van der Waals surface area contributed by atoms with Gasteiger partial charge in [0, 0.05) is 6.54 Å². The lowest BCUT2D eigenvalue weighted by Gasteiger charge is -2.35. The van der Waals surface area contributed by atoms with Crippen LogP contribution in [0.15, 0.2) is 60.0 Å². The van der Waals surface area contributed by atoms with Crippen LogP contribution in [-0.2, 0) is 10.0 Å². The van der Waals surface area contributed by atoms with E-state index in [0.717, 1.165) is 15.4 Å². The van der Waals surface area contributed by atoms with E-state index in [-0.39, 0.29) is 11.4 Å². The van der Waals surface area contributed by atoms with Crippen LogP contribution < -0.4 is 9.21 Å². The number of anilines is 2. The van der Waals surface area contributed by atoms with E-state index in [1.165, 1.54) is 11.0 Å². The molecule has 0 saturated heterocycles. The molecule has 1 aliphatic heterocycles. The van der Waals surface area contributed by atoms with Crippen molar-refractivity contribution in [2.45, 2.75) is 18.7 Å². The Morgan fingerprint density at radius 3 is 2.46 bits per heavy atom. The quantitative estimate of drug-likeness (QED) is 0.801. The van der Waals surface area contributed by atoms with Crippen LogP contribution >= 0.6 is 0 Å². The average Bonchev–Trinajstić information content (AvgIpc) is 2.55. The molecule has 6 heteroatoms. The lowest BCUT2D eigenvalue weighted by Crippen LogP contribution is -2.51. The maximum absolute atomic E-state index is 13.0. The molecule has 2 aromatic rings. The highest BCUT2D eigenvalue weighted by Gasteiger charge is 2.41. The summed E-state index contributed by atoms with van der Waals surface area (Å²) in [6, 6.07) is 11.1. The van der Waals surface area contributed by atoms with Crippen LogP contribution in [-0.4, -0.2) is 21.0 Å². The molecule has 0 radical (unpaired) electrons. The molecule has 0 atom stereocenters. The highest BCUT2D eigenvalue weighted by Crippen LogP contribution is 2.37. The summed E-state index contributed by atoms with van der Waals surface area (Å²) in [4.78, 5) is 14.4. The molecule has 2 aromatic carbocycles. The molecule has 0 aromatic heterocycles. The molecule has 0 aliphatic carbocycles. The van der Waals surface area contributed by atoms with Gasteiger partial charge >= 0.3 is 6.03 Å². The van der Waals surface area contributed by atoms with E-state index in [1.807, 2.05) is 19.9 Å². The normalized spacial score (nSPS) is 16.0. The highest BCUT2D eigenvalue weighted by molar-refractivity contribution is 7.94. The van der Waals surface area contributed by atoms with Crippen LogP contribution in [0.1, 0.15) is 11.1 Å². The smallest absolute Gasteiger partial charge is 0.288 e. The molecule has 0 N–H and O–H groups in total. The van der Waals surface area contributed by atoms with Crippen molar-refractivity contribution in [2.75, 3.05) is 15.7 Å². The minimum Gasteiger partial charge on any atom is -0.288 e. The van der Waals surface area contributed by atoms with Crippen molar-refractivity contribution in [3.05, 3.63) is 66.2 Å². The van der Waals surface area contributed by atoms with Crippen molar-refractivity contribution in [3.8, 4) is 0 Å². The van der Waals surface area contributed by atoms with Crippen molar-refractivity contribution >= 4 is 27.4 Å². The van der Waals surface area contributed by atoms with Crippen LogP contribution in [0, 0.1) is 13.8 Å². The number of carbonyl (C=O) groups is 1. The first-order valence-electron chi connectivity index (χ1n) is 7.52. The van der Waals surface area contributed by atoms with E-state index >= 15 is 0 Å². The first-order chi connectivity index (χ1) is 11.4. The number of amides is 2. The molecular formula is C18H18N2O3S. The summed E-state index contributed by atoms with van der Waals surface area (Å²) in [5.74, 6) is 0. The second kappa shape index (κ2) is 5.79. The second-order valence-corrected chi connectivity index (χ2v) is 7.44. The van der Waals surface area contributed by atoms with Crippen molar-refractivity contribution in [3.63, 3.8) is 0 Å². The lowest BCUT2D eigenvalue weighted by molar-refractivity contribution is 0.254. The van der Waals surface area contributed by atoms with Gasteiger partial charge in [0.25, 0.3) is 10.0 Å². The maximum Gasteiger partial charge on any atom is 0.343 e. The molecule has 124 valence electrons. The number of sulfonamides is 1. The monoisotopic (exact) mass is 342 g/mol. The van der Waals surface area contributed by atoms with Crippen LogP contribution in [0.4, 0.5) is 16.2 Å². The summed E-state index contributed by atoms with van der Waals surface area (Å²) >= 11 is 0. The fourth-order valence-corrected chi connectivity index (χ4v) is 4.30. The average molecular weight is 342 g/mol. The summed E-state index contributed by atoms with van der Waals surface area (Å²) in [7, 11) is -3.96. The van der Waals surface area contributed by atoms with Crippen LogP contribution in [0.5, 0.6) is 0 Å². The van der Waals surface area contributed by atoms with Gasteiger partial charge in [-0.1, -0.05) is 24.3 Å². The second-order valence-electron chi connectivity index (χ2n) is 5.69. The van der Waals surface area contributed by atoms with E-state index in [4.69, 9.17) is 0 Å². The number of carbonyl (C=O) groups excluding carboxylic acids is 1. The molecule has 0 unspecified atom stereocenters. The Hall–Kier alpha value is -2.60. The zero-order chi connectivity index (χ0) is 17.5. The fraction of sp³-hybridized carbons (Fsp3) is 0.167. The summed E-state index contributed by atoms with van der Waals surface area (Å²) in [5, 5.41) is 0. The SMILES string of the molecule is C=CCN1C(=O)N(c2ccc(C)c(C)c2)S(=O)(=O)c2ccccc21. The molecule has 3 rings (SSSR count). The largest absolute Gasteiger partial charge is 0.343 e. The Bertz CT molecular complexity index is 935. The predicted molar refractivity (Wildman–Crippen MR) is 95.0 cm³/mol. The standard InChI is InChI=1S/C18H18N2O3S/c1-4-11-19-16-7-5-6-8-17(16)24(22,23)20(18(19)21)15-10-9-13(2)14(3)12-15/h4-10,12H,1,11H2,2-3H3. The number of fused-ring (bicyclic) bond motifs is 1. The van der Waals surface area contributed by atoms with Crippen LogP contribution in [0.3, 0.4) is 0 Å².